The number of nitrogens with zero attached hydrogens (tertiary/aromatic N) is 1. The lowest BCUT2D eigenvalue weighted by Gasteiger charge is -2.35. The van der Waals surface area contributed by atoms with Gasteiger partial charge in [0.1, 0.15) is 5.75 Å². The molecule has 2 unspecified atom stereocenters. The van der Waals surface area contributed by atoms with E-state index in [2.05, 4.69) is 0 Å². The fourth-order valence-corrected chi connectivity index (χ4v) is 2.71. The highest BCUT2D eigenvalue weighted by atomic mass is 16.5. The molecule has 0 aliphatic carbocycles. The van der Waals surface area contributed by atoms with Crippen LogP contribution in [-0.4, -0.2) is 57.4 Å². The largest absolute Gasteiger partial charge is 0.496 e. The Hall–Kier alpha value is -1.95. The van der Waals surface area contributed by atoms with E-state index >= 15 is 0 Å². The topological polar surface area (TPSA) is 57.2 Å². The van der Waals surface area contributed by atoms with Crippen LogP contribution in [0.3, 0.4) is 0 Å². The Morgan fingerprint density at radius 3 is 2.00 bits per heavy atom. The summed E-state index contributed by atoms with van der Waals surface area (Å²) >= 11 is 0. The quantitative estimate of drug-likeness (QED) is 0.851. The van der Waals surface area contributed by atoms with Crippen molar-refractivity contribution in [2.45, 2.75) is 26.1 Å². The first-order valence-corrected chi connectivity index (χ1v) is 7.24. The molecule has 0 aromatic heterocycles. The molecular weight excluding hydrogens is 286 g/mol. The number of rotatable bonds is 4. The Kier molecular flexibility index (Phi) is 5.13. The second-order valence-electron chi connectivity index (χ2n) is 5.37. The molecule has 1 aromatic carbocycles. The van der Waals surface area contributed by atoms with Gasteiger partial charge in [0.2, 0.25) is 0 Å². The van der Waals surface area contributed by atoms with Crippen molar-refractivity contribution >= 4 is 5.91 Å². The van der Waals surface area contributed by atoms with Crippen molar-refractivity contribution in [1.29, 1.82) is 0 Å². The summed E-state index contributed by atoms with van der Waals surface area (Å²) in [5, 5.41) is 0. The van der Waals surface area contributed by atoms with E-state index in [1.807, 2.05) is 13.8 Å². The maximum atomic E-state index is 12.8. The Morgan fingerprint density at radius 1 is 1.00 bits per heavy atom. The third-order valence-electron chi connectivity index (χ3n) is 3.64. The molecule has 1 amide bonds. The average Bonchev–Trinajstić information content (AvgIpc) is 2.51. The van der Waals surface area contributed by atoms with E-state index in [-0.39, 0.29) is 18.1 Å². The molecule has 2 atom stereocenters. The van der Waals surface area contributed by atoms with E-state index in [9.17, 15) is 4.79 Å². The summed E-state index contributed by atoms with van der Waals surface area (Å²) in [4.78, 5) is 14.6. The molecule has 1 aliphatic rings. The molecule has 6 heteroatoms. The first-order valence-electron chi connectivity index (χ1n) is 7.24. The highest BCUT2D eigenvalue weighted by Gasteiger charge is 2.29. The standard InChI is InChI=1S/C16H23NO5/c1-10-8-17(9-11(2)22-10)16(18)12-6-14(20-4)15(21-5)7-13(12)19-3/h6-7,10-11H,8-9H2,1-5H3. The van der Waals surface area contributed by atoms with Gasteiger partial charge in [0.05, 0.1) is 39.1 Å². The van der Waals surface area contributed by atoms with Crippen LogP contribution in [0, 0.1) is 0 Å². The summed E-state index contributed by atoms with van der Waals surface area (Å²) in [6.45, 7) is 5.03. The second-order valence-corrected chi connectivity index (χ2v) is 5.37. The van der Waals surface area contributed by atoms with Crippen LogP contribution >= 0.6 is 0 Å². The van der Waals surface area contributed by atoms with E-state index in [1.54, 1.807) is 24.1 Å². The van der Waals surface area contributed by atoms with Crippen molar-refractivity contribution < 1.29 is 23.7 Å². The minimum absolute atomic E-state index is 0.0128. The molecule has 1 heterocycles. The minimum Gasteiger partial charge on any atom is -0.496 e. The lowest BCUT2D eigenvalue weighted by atomic mass is 10.1. The molecule has 1 aromatic rings. The highest BCUT2D eigenvalue weighted by Crippen LogP contribution is 2.35. The van der Waals surface area contributed by atoms with Crippen LogP contribution in [-0.2, 0) is 4.74 Å². The number of methoxy groups -OCH3 is 3. The average molecular weight is 309 g/mol. The molecule has 1 saturated heterocycles. The van der Waals surface area contributed by atoms with Gasteiger partial charge in [0.15, 0.2) is 11.5 Å². The fourth-order valence-electron chi connectivity index (χ4n) is 2.71. The second kappa shape index (κ2) is 6.87. The van der Waals surface area contributed by atoms with E-state index in [4.69, 9.17) is 18.9 Å². The molecule has 22 heavy (non-hydrogen) atoms. The molecular formula is C16H23NO5. The number of ether oxygens (including phenoxy) is 4. The van der Waals surface area contributed by atoms with Gasteiger partial charge in [-0.1, -0.05) is 0 Å². The van der Waals surface area contributed by atoms with Crippen LogP contribution in [0.15, 0.2) is 12.1 Å². The van der Waals surface area contributed by atoms with E-state index in [0.29, 0.717) is 35.9 Å². The van der Waals surface area contributed by atoms with Gasteiger partial charge >= 0.3 is 0 Å². The maximum Gasteiger partial charge on any atom is 0.257 e. The summed E-state index contributed by atoms with van der Waals surface area (Å²) in [7, 11) is 4.62. The molecule has 2 rings (SSSR count). The van der Waals surface area contributed by atoms with Gasteiger partial charge in [-0.3, -0.25) is 4.79 Å². The SMILES string of the molecule is COc1cc(OC)c(C(=O)N2CC(C)OC(C)C2)cc1OC. The molecule has 0 saturated carbocycles. The van der Waals surface area contributed by atoms with Crippen molar-refractivity contribution in [1.82, 2.24) is 4.90 Å². The molecule has 1 fully saturated rings. The number of carbonyl (C=O) groups is 1. The molecule has 0 radical (unpaired) electrons. The zero-order valence-electron chi connectivity index (χ0n) is 13.7. The lowest BCUT2D eigenvalue weighted by molar-refractivity contribution is -0.0586. The van der Waals surface area contributed by atoms with Crippen molar-refractivity contribution in [3.63, 3.8) is 0 Å². The van der Waals surface area contributed by atoms with Crippen LogP contribution in [0.2, 0.25) is 0 Å². The summed E-state index contributed by atoms with van der Waals surface area (Å²) in [6.07, 6.45) is 0.0256. The zero-order chi connectivity index (χ0) is 16.3. The van der Waals surface area contributed by atoms with Crippen molar-refractivity contribution in [3.8, 4) is 17.2 Å². The zero-order valence-corrected chi connectivity index (χ0v) is 13.7. The first kappa shape index (κ1) is 16.4. The highest BCUT2D eigenvalue weighted by molar-refractivity contribution is 5.98. The van der Waals surface area contributed by atoms with Crippen molar-refractivity contribution in [2.75, 3.05) is 34.4 Å². The Balaban J connectivity index is 2.35. The van der Waals surface area contributed by atoms with Crippen LogP contribution in [0.1, 0.15) is 24.2 Å². The first-order chi connectivity index (χ1) is 10.5. The van der Waals surface area contributed by atoms with Gasteiger partial charge < -0.3 is 23.8 Å². The van der Waals surface area contributed by atoms with Crippen LogP contribution < -0.4 is 14.2 Å². The summed E-state index contributed by atoms with van der Waals surface area (Å²) in [5.74, 6) is 1.40. The van der Waals surface area contributed by atoms with Gasteiger partial charge in [-0.15, -0.1) is 0 Å². The fraction of sp³-hybridized carbons (Fsp3) is 0.562. The number of carbonyl (C=O) groups excluding carboxylic acids is 1. The van der Waals surface area contributed by atoms with Crippen LogP contribution in [0.25, 0.3) is 0 Å². The number of morpholine rings is 1. The third-order valence-corrected chi connectivity index (χ3v) is 3.64. The van der Waals surface area contributed by atoms with E-state index in [0.717, 1.165) is 0 Å². The number of hydrogen-bond donors (Lipinski definition) is 0. The maximum absolute atomic E-state index is 12.8. The van der Waals surface area contributed by atoms with Crippen molar-refractivity contribution in [3.05, 3.63) is 17.7 Å². The summed E-state index contributed by atoms with van der Waals surface area (Å²) in [5.41, 5.74) is 0.460. The molecule has 122 valence electrons. The van der Waals surface area contributed by atoms with E-state index < -0.39 is 0 Å². The third kappa shape index (κ3) is 3.27. The van der Waals surface area contributed by atoms with Gasteiger partial charge in [-0.2, -0.15) is 0 Å². The van der Waals surface area contributed by atoms with Gasteiger partial charge in [0, 0.05) is 25.2 Å². The number of amides is 1. The normalized spacial score (nSPS) is 21.4. The Labute approximate surface area is 130 Å². The van der Waals surface area contributed by atoms with Crippen molar-refractivity contribution in [2.24, 2.45) is 0 Å². The lowest BCUT2D eigenvalue weighted by Crippen LogP contribution is -2.48. The van der Waals surface area contributed by atoms with Crippen LogP contribution in [0.5, 0.6) is 17.2 Å². The predicted molar refractivity (Wildman–Crippen MR) is 82.0 cm³/mol. The predicted octanol–water partition coefficient (Wildman–Crippen LogP) is 1.96. The number of benzene rings is 1. The number of hydrogen-bond acceptors (Lipinski definition) is 5. The molecule has 0 N–H and O–H groups in total. The van der Waals surface area contributed by atoms with Gasteiger partial charge in [-0.05, 0) is 13.8 Å². The molecule has 0 spiro atoms. The molecule has 1 aliphatic heterocycles. The van der Waals surface area contributed by atoms with E-state index in [1.165, 1.54) is 14.2 Å². The summed E-state index contributed by atoms with van der Waals surface area (Å²) in [6, 6.07) is 3.32. The molecule has 0 bridgehead atoms. The Morgan fingerprint density at radius 2 is 1.50 bits per heavy atom. The van der Waals surface area contributed by atoms with Gasteiger partial charge in [-0.25, -0.2) is 0 Å². The Bertz CT molecular complexity index is 536. The minimum atomic E-state index is -0.0974. The van der Waals surface area contributed by atoms with Gasteiger partial charge in [0.25, 0.3) is 5.91 Å². The van der Waals surface area contributed by atoms with Crippen LogP contribution in [0.4, 0.5) is 0 Å². The molecule has 6 nitrogen and oxygen atoms in total. The monoisotopic (exact) mass is 309 g/mol. The summed E-state index contributed by atoms with van der Waals surface area (Å²) < 4.78 is 21.5. The smallest absolute Gasteiger partial charge is 0.257 e.